The molecule has 21 heavy (non-hydrogen) atoms. The van der Waals surface area contributed by atoms with Crippen molar-refractivity contribution in [1.82, 2.24) is 9.71 Å². The van der Waals surface area contributed by atoms with E-state index in [2.05, 4.69) is 9.71 Å². The third-order valence-electron chi connectivity index (χ3n) is 3.38. The Morgan fingerprint density at radius 3 is 2.43 bits per heavy atom. The third kappa shape index (κ3) is 3.46. The van der Waals surface area contributed by atoms with Gasteiger partial charge < -0.3 is 9.72 Å². The number of aryl methyl sites for hydroxylation is 3. The van der Waals surface area contributed by atoms with Gasteiger partial charge in [0.15, 0.2) is 0 Å². The Morgan fingerprint density at radius 2 is 1.90 bits per heavy atom. The Labute approximate surface area is 125 Å². The number of hydrogen-bond donors (Lipinski definition) is 2. The first kappa shape index (κ1) is 15.6. The molecule has 0 spiro atoms. The molecule has 0 saturated heterocycles. The average Bonchev–Trinajstić information content (AvgIpc) is 2.74. The van der Waals surface area contributed by atoms with Gasteiger partial charge >= 0.3 is 0 Å². The summed E-state index contributed by atoms with van der Waals surface area (Å²) in [5, 5.41) is 0. The normalized spacial score (nSPS) is 11.6. The molecule has 0 atom stereocenters. The fraction of sp³-hybridized carbons (Fsp3) is 0.333. The van der Waals surface area contributed by atoms with Crippen LogP contribution in [0.5, 0.6) is 5.75 Å². The van der Waals surface area contributed by atoms with Gasteiger partial charge in [0.25, 0.3) is 0 Å². The van der Waals surface area contributed by atoms with Gasteiger partial charge in [-0.15, -0.1) is 0 Å². The van der Waals surface area contributed by atoms with Gasteiger partial charge in [-0.2, -0.15) is 0 Å². The molecule has 1 aromatic heterocycles. The highest BCUT2D eigenvalue weighted by atomic mass is 32.2. The maximum absolute atomic E-state index is 12.4. The van der Waals surface area contributed by atoms with Crippen molar-refractivity contribution in [3.05, 3.63) is 46.8 Å². The molecule has 0 aliphatic rings. The van der Waals surface area contributed by atoms with Crippen LogP contribution in [0.4, 0.5) is 0 Å². The molecule has 0 saturated carbocycles. The van der Waals surface area contributed by atoms with E-state index in [0.29, 0.717) is 11.3 Å². The highest BCUT2D eigenvalue weighted by Crippen LogP contribution is 2.21. The van der Waals surface area contributed by atoms with Gasteiger partial charge in [-0.05, 0) is 56.2 Å². The lowest BCUT2D eigenvalue weighted by molar-refractivity contribution is 0.414. The quantitative estimate of drug-likeness (QED) is 0.891. The van der Waals surface area contributed by atoms with Crippen LogP contribution in [-0.4, -0.2) is 20.5 Å². The first-order valence-electron chi connectivity index (χ1n) is 6.63. The maximum atomic E-state index is 12.4. The monoisotopic (exact) mass is 308 g/mol. The molecule has 1 heterocycles. The number of methoxy groups -OCH3 is 1. The molecule has 114 valence electrons. The molecule has 0 radical (unpaired) electrons. The number of H-pyrrole nitrogens is 1. The van der Waals surface area contributed by atoms with E-state index in [1.54, 1.807) is 32.2 Å². The summed E-state index contributed by atoms with van der Waals surface area (Å²) in [7, 11) is -1.99. The van der Waals surface area contributed by atoms with Gasteiger partial charge in [-0.25, -0.2) is 13.1 Å². The molecule has 0 unspecified atom stereocenters. The van der Waals surface area contributed by atoms with Crippen LogP contribution in [0, 0.1) is 20.8 Å². The van der Waals surface area contributed by atoms with Crippen LogP contribution in [0.1, 0.15) is 22.5 Å². The van der Waals surface area contributed by atoms with Crippen molar-refractivity contribution >= 4 is 10.0 Å². The van der Waals surface area contributed by atoms with Crippen LogP contribution in [0.15, 0.2) is 29.2 Å². The van der Waals surface area contributed by atoms with Crippen LogP contribution >= 0.6 is 0 Å². The van der Waals surface area contributed by atoms with Crippen molar-refractivity contribution in [2.24, 2.45) is 0 Å². The zero-order valence-electron chi connectivity index (χ0n) is 12.6. The van der Waals surface area contributed by atoms with Crippen molar-refractivity contribution in [1.29, 1.82) is 0 Å². The number of sulfonamides is 1. The van der Waals surface area contributed by atoms with Gasteiger partial charge in [0, 0.05) is 17.9 Å². The molecule has 0 bridgehead atoms. The topological polar surface area (TPSA) is 71.2 Å². The number of aromatic amines is 1. The molecule has 0 aliphatic carbocycles. The predicted molar refractivity (Wildman–Crippen MR) is 82.0 cm³/mol. The first-order valence-corrected chi connectivity index (χ1v) is 8.11. The van der Waals surface area contributed by atoms with Crippen LogP contribution < -0.4 is 9.46 Å². The maximum Gasteiger partial charge on any atom is 0.241 e. The summed E-state index contributed by atoms with van der Waals surface area (Å²) in [5.74, 6) is 0.642. The van der Waals surface area contributed by atoms with Crippen molar-refractivity contribution in [2.75, 3.05) is 7.11 Å². The summed E-state index contributed by atoms with van der Waals surface area (Å²) < 4.78 is 32.5. The average molecular weight is 308 g/mol. The number of hydrogen-bond acceptors (Lipinski definition) is 3. The van der Waals surface area contributed by atoms with Gasteiger partial charge in [0.2, 0.25) is 10.0 Å². The van der Waals surface area contributed by atoms with Crippen LogP contribution in [0.3, 0.4) is 0 Å². The number of benzene rings is 1. The number of nitrogens with one attached hydrogen (secondary N) is 2. The zero-order valence-corrected chi connectivity index (χ0v) is 13.5. The summed E-state index contributed by atoms with van der Waals surface area (Å²) in [6.45, 7) is 5.89. The second kappa shape index (κ2) is 5.91. The number of ether oxygens (including phenoxy) is 1. The molecular formula is C15H20N2O3S. The molecular weight excluding hydrogens is 288 g/mol. The van der Waals surface area contributed by atoms with E-state index in [0.717, 1.165) is 17.0 Å². The van der Waals surface area contributed by atoms with Crippen LogP contribution in [-0.2, 0) is 16.6 Å². The molecule has 2 N–H and O–H groups in total. The highest BCUT2D eigenvalue weighted by Gasteiger charge is 2.17. The third-order valence-corrected chi connectivity index (χ3v) is 4.94. The second-order valence-corrected chi connectivity index (χ2v) is 6.79. The Balaban J connectivity index is 2.20. The fourth-order valence-electron chi connectivity index (χ4n) is 2.27. The number of aromatic nitrogens is 1. The molecule has 2 rings (SSSR count). The molecule has 0 fully saturated rings. The van der Waals surface area contributed by atoms with E-state index in [1.807, 2.05) is 19.9 Å². The zero-order chi connectivity index (χ0) is 15.6. The van der Waals surface area contributed by atoms with E-state index in [4.69, 9.17) is 4.74 Å². The predicted octanol–water partition coefficient (Wildman–Crippen LogP) is 2.43. The lowest BCUT2D eigenvalue weighted by atomic mass is 10.2. The van der Waals surface area contributed by atoms with Crippen LogP contribution in [0.25, 0.3) is 0 Å². The van der Waals surface area contributed by atoms with E-state index in [9.17, 15) is 8.42 Å². The smallest absolute Gasteiger partial charge is 0.241 e. The van der Waals surface area contributed by atoms with E-state index >= 15 is 0 Å². The van der Waals surface area contributed by atoms with E-state index in [1.165, 1.54) is 0 Å². The van der Waals surface area contributed by atoms with E-state index < -0.39 is 10.0 Å². The van der Waals surface area contributed by atoms with Gasteiger partial charge in [-0.3, -0.25) is 0 Å². The summed E-state index contributed by atoms with van der Waals surface area (Å²) >= 11 is 0. The molecule has 5 nitrogen and oxygen atoms in total. The SMILES string of the molecule is COc1ccc(S(=O)(=O)NCc2cc(C)[nH]c2C)c(C)c1. The summed E-state index contributed by atoms with van der Waals surface area (Å²) in [6.07, 6.45) is 0. The molecule has 0 amide bonds. The van der Waals surface area contributed by atoms with Crippen molar-refractivity contribution in [3.63, 3.8) is 0 Å². The Morgan fingerprint density at radius 1 is 1.19 bits per heavy atom. The highest BCUT2D eigenvalue weighted by molar-refractivity contribution is 7.89. The van der Waals surface area contributed by atoms with Crippen molar-refractivity contribution in [2.45, 2.75) is 32.2 Å². The Bertz CT molecular complexity index is 748. The minimum absolute atomic E-state index is 0.268. The molecule has 2 aromatic rings. The Kier molecular flexibility index (Phi) is 4.39. The van der Waals surface area contributed by atoms with E-state index in [-0.39, 0.29) is 11.4 Å². The first-order chi connectivity index (χ1) is 9.83. The van der Waals surface area contributed by atoms with Gasteiger partial charge in [0.05, 0.1) is 12.0 Å². The molecule has 0 aliphatic heterocycles. The molecule has 1 aromatic carbocycles. The lowest BCUT2D eigenvalue weighted by Gasteiger charge is -2.10. The fourth-order valence-corrected chi connectivity index (χ4v) is 3.50. The second-order valence-electron chi connectivity index (χ2n) is 5.06. The minimum Gasteiger partial charge on any atom is -0.497 e. The summed E-state index contributed by atoms with van der Waals surface area (Å²) in [5.41, 5.74) is 3.59. The summed E-state index contributed by atoms with van der Waals surface area (Å²) in [6, 6.07) is 6.86. The van der Waals surface area contributed by atoms with Gasteiger partial charge in [-0.1, -0.05) is 0 Å². The van der Waals surface area contributed by atoms with Gasteiger partial charge in [0.1, 0.15) is 5.75 Å². The Hall–Kier alpha value is -1.79. The largest absolute Gasteiger partial charge is 0.497 e. The van der Waals surface area contributed by atoms with Crippen molar-refractivity contribution < 1.29 is 13.2 Å². The minimum atomic E-state index is -3.54. The number of rotatable bonds is 5. The summed E-state index contributed by atoms with van der Waals surface area (Å²) in [4.78, 5) is 3.43. The lowest BCUT2D eigenvalue weighted by Crippen LogP contribution is -2.24. The standard InChI is InChI=1S/C15H20N2O3S/c1-10-7-14(20-4)5-6-15(10)21(18,19)16-9-13-8-11(2)17-12(13)3/h5-8,16-17H,9H2,1-4H3. The van der Waals surface area contributed by atoms with Crippen LogP contribution in [0.2, 0.25) is 0 Å². The van der Waals surface area contributed by atoms with Crippen molar-refractivity contribution in [3.8, 4) is 5.75 Å². The molecule has 6 heteroatoms.